The van der Waals surface area contributed by atoms with Crippen LogP contribution in [0, 0.1) is 0 Å². The number of carbonyl (C=O) groups is 1. The maximum absolute atomic E-state index is 11.9. The SMILES string of the molecule is CCn1cnnc1SCC(=O)Nc1ccc(Cl)cc1Cl. The minimum absolute atomic E-state index is 0.162. The average molecular weight is 331 g/mol. The average Bonchev–Trinajstić information content (AvgIpc) is 2.87. The van der Waals surface area contributed by atoms with E-state index in [-0.39, 0.29) is 11.7 Å². The van der Waals surface area contributed by atoms with E-state index in [2.05, 4.69) is 15.5 Å². The predicted molar refractivity (Wildman–Crippen MR) is 81.5 cm³/mol. The van der Waals surface area contributed by atoms with Crippen LogP contribution in [0.15, 0.2) is 29.7 Å². The molecule has 0 fully saturated rings. The molecule has 5 nitrogen and oxygen atoms in total. The summed E-state index contributed by atoms with van der Waals surface area (Å²) in [4.78, 5) is 11.9. The second kappa shape index (κ2) is 6.97. The van der Waals surface area contributed by atoms with Crippen LogP contribution in [0.3, 0.4) is 0 Å². The molecule has 2 aromatic rings. The van der Waals surface area contributed by atoms with Crippen molar-refractivity contribution in [2.45, 2.75) is 18.6 Å². The summed E-state index contributed by atoms with van der Waals surface area (Å²) in [6, 6.07) is 4.92. The molecule has 0 aliphatic rings. The molecule has 0 saturated heterocycles. The summed E-state index contributed by atoms with van der Waals surface area (Å²) < 4.78 is 1.87. The van der Waals surface area contributed by atoms with Gasteiger partial charge in [-0.25, -0.2) is 0 Å². The number of amides is 1. The molecule has 1 aromatic carbocycles. The highest BCUT2D eigenvalue weighted by molar-refractivity contribution is 7.99. The molecular weight excluding hydrogens is 319 g/mol. The first-order valence-corrected chi connectivity index (χ1v) is 7.59. The predicted octanol–water partition coefficient (Wildman–Crippen LogP) is 3.34. The summed E-state index contributed by atoms with van der Waals surface area (Å²) in [6.07, 6.45) is 1.64. The molecule has 1 N–H and O–H groups in total. The Labute approximate surface area is 130 Å². The lowest BCUT2D eigenvalue weighted by Gasteiger charge is -2.07. The van der Waals surface area contributed by atoms with Gasteiger partial charge in [0.05, 0.1) is 16.5 Å². The Morgan fingerprint density at radius 3 is 2.95 bits per heavy atom. The largest absolute Gasteiger partial charge is 0.324 e. The van der Waals surface area contributed by atoms with Crippen molar-refractivity contribution in [3.63, 3.8) is 0 Å². The maximum atomic E-state index is 11.9. The Morgan fingerprint density at radius 1 is 1.45 bits per heavy atom. The second-order valence-corrected chi connectivity index (χ2v) is 5.65. The summed E-state index contributed by atoms with van der Waals surface area (Å²) in [5, 5.41) is 12.1. The summed E-state index contributed by atoms with van der Waals surface area (Å²) >= 11 is 13.1. The third kappa shape index (κ3) is 3.88. The lowest BCUT2D eigenvalue weighted by molar-refractivity contribution is -0.113. The molecule has 1 aromatic heterocycles. The van der Waals surface area contributed by atoms with Crippen molar-refractivity contribution in [2.24, 2.45) is 0 Å². The fourth-order valence-electron chi connectivity index (χ4n) is 1.48. The van der Waals surface area contributed by atoms with E-state index in [0.717, 1.165) is 6.54 Å². The molecule has 8 heteroatoms. The van der Waals surface area contributed by atoms with Crippen LogP contribution in [-0.2, 0) is 11.3 Å². The molecule has 1 amide bonds. The van der Waals surface area contributed by atoms with Crippen LogP contribution in [0.4, 0.5) is 5.69 Å². The summed E-state index contributed by atoms with van der Waals surface area (Å²) in [5.41, 5.74) is 0.540. The zero-order valence-electron chi connectivity index (χ0n) is 10.6. The Balaban J connectivity index is 1.93. The number of aryl methyl sites for hydroxylation is 1. The highest BCUT2D eigenvalue weighted by Crippen LogP contribution is 2.25. The van der Waals surface area contributed by atoms with Crippen LogP contribution in [0.1, 0.15) is 6.92 Å². The van der Waals surface area contributed by atoms with Crippen molar-refractivity contribution in [3.05, 3.63) is 34.6 Å². The van der Waals surface area contributed by atoms with E-state index in [0.29, 0.717) is 20.9 Å². The van der Waals surface area contributed by atoms with E-state index < -0.39 is 0 Å². The zero-order chi connectivity index (χ0) is 14.5. The Hall–Kier alpha value is -1.24. The third-order valence-electron chi connectivity index (χ3n) is 2.46. The third-order valence-corrected chi connectivity index (χ3v) is 3.99. The van der Waals surface area contributed by atoms with E-state index >= 15 is 0 Å². The van der Waals surface area contributed by atoms with Crippen LogP contribution in [-0.4, -0.2) is 26.4 Å². The van der Waals surface area contributed by atoms with Gasteiger partial charge in [-0.1, -0.05) is 35.0 Å². The van der Waals surface area contributed by atoms with E-state index in [1.807, 2.05) is 11.5 Å². The molecule has 0 radical (unpaired) electrons. The van der Waals surface area contributed by atoms with Gasteiger partial charge in [0.15, 0.2) is 5.16 Å². The van der Waals surface area contributed by atoms with Crippen molar-refractivity contribution in [2.75, 3.05) is 11.1 Å². The van der Waals surface area contributed by atoms with Gasteiger partial charge < -0.3 is 9.88 Å². The first-order valence-electron chi connectivity index (χ1n) is 5.85. The minimum atomic E-state index is -0.162. The number of carbonyl (C=O) groups excluding carboxylic acids is 1. The molecule has 0 bridgehead atoms. The number of anilines is 1. The lowest BCUT2D eigenvalue weighted by atomic mass is 10.3. The van der Waals surface area contributed by atoms with Crippen molar-refractivity contribution in [1.82, 2.24) is 14.8 Å². The molecule has 106 valence electrons. The van der Waals surface area contributed by atoms with E-state index in [9.17, 15) is 4.79 Å². The topological polar surface area (TPSA) is 59.8 Å². The lowest BCUT2D eigenvalue weighted by Crippen LogP contribution is -2.14. The van der Waals surface area contributed by atoms with Crippen molar-refractivity contribution in [1.29, 1.82) is 0 Å². The Bertz CT molecular complexity index is 617. The molecule has 0 aliphatic heterocycles. The number of rotatable bonds is 5. The Kier molecular flexibility index (Phi) is 5.28. The molecule has 0 unspecified atom stereocenters. The summed E-state index contributed by atoms with van der Waals surface area (Å²) in [5.74, 6) is 0.0716. The van der Waals surface area contributed by atoms with E-state index in [4.69, 9.17) is 23.2 Å². The van der Waals surface area contributed by atoms with E-state index in [1.54, 1.807) is 24.5 Å². The van der Waals surface area contributed by atoms with Crippen LogP contribution < -0.4 is 5.32 Å². The fraction of sp³-hybridized carbons (Fsp3) is 0.250. The molecule has 20 heavy (non-hydrogen) atoms. The fourth-order valence-corrected chi connectivity index (χ4v) is 2.72. The van der Waals surface area contributed by atoms with Gasteiger partial charge in [0, 0.05) is 11.6 Å². The first-order chi connectivity index (χ1) is 9.60. The van der Waals surface area contributed by atoms with Gasteiger partial charge in [0.2, 0.25) is 5.91 Å². The monoisotopic (exact) mass is 330 g/mol. The first kappa shape index (κ1) is 15.2. The molecule has 2 rings (SSSR count). The van der Waals surface area contributed by atoms with Crippen molar-refractivity contribution >= 4 is 46.6 Å². The molecule has 1 heterocycles. The Morgan fingerprint density at radius 2 is 2.25 bits per heavy atom. The van der Waals surface area contributed by atoms with Gasteiger partial charge in [-0.2, -0.15) is 0 Å². The second-order valence-electron chi connectivity index (χ2n) is 3.86. The van der Waals surface area contributed by atoms with Gasteiger partial charge in [0.25, 0.3) is 0 Å². The van der Waals surface area contributed by atoms with Gasteiger partial charge in [-0.05, 0) is 25.1 Å². The van der Waals surface area contributed by atoms with Crippen molar-refractivity contribution < 1.29 is 4.79 Å². The smallest absolute Gasteiger partial charge is 0.234 e. The maximum Gasteiger partial charge on any atom is 0.234 e. The van der Waals surface area contributed by atoms with E-state index in [1.165, 1.54) is 11.8 Å². The van der Waals surface area contributed by atoms with Crippen LogP contribution in [0.2, 0.25) is 10.0 Å². The molecule has 0 spiro atoms. The van der Waals surface area contributed by atoms with Gasteiger partial charge in [-0.15, -0.1) is 10.2 Å². The van der Waals surface area contributed by atoms with Crippen LogP contribution >= 0.6 is 35.0 Å². The van der Waals surface area contributed by atoms with Crippen LogP contribution in [0.5, 0.6) is 0 Å². The van der Waals surface area contributed by atoms with Gasteiger partial charge in [-0.3, -0.25) is 4.79 Å². The summed E-state index contributed by atoms with van der Waals surface area (Å²) in [7, 11) is 0. The van der Waals surface area contributed by atoms with Crippen LogP contribution in [0.25, 0.3) is 0 Å². The molecular formula is C12H12Cl2N4OS. The minimum Gasteiger partial charge on any atom is -0.324 e. The number of nitrogens with zero attached hydrogens (tertiary/aromatic N) is 3. The highest BCUT2D eigenvalue weighted by atomic mass is 35.5. The number of thioether (sulfide) groups is 1. The molecule has 0 aliphatic carbocycles. The number of nitrogens with one attached hydrogen (secondary N) is 1. The van der Waals surface area contributed by atoms with Gasteiger partial charge >= 0.3 is 0 Å². The number of hydrogen-bond acceptors (Lipinski definition) is 4. The standard InChI is InChI=1S/C12H12Cl2N4OS/c1-2-18-7-15-17-12(18)20-6-11(19)16-10-4-3-8(13)5-9(10)14/h3-5,7H,2,6H2,1H3,(H,16,19). The number of aromatic nitrogens is 3. The summed E-state index contributed by atoms with van der Waals surface area (Å²) in [6.45, 7) is 2.75. The normalized spacial score (nSPS) is 10.6. The quantitative estimate of drug-likeness (QED) is 0.854. The number of benzene rings is 1. The zero-order valence-corrected chi connectivity index (χ0v) is 13.0. The van der Waals surface area contributed by atoms with Gasteiger partial charge in [0.1, 0.15) is 6.33 Å². The number of hydrogen-bond donors (Lipinski definition) is 1. The molecule has 0 atom stereocenters. The highest BCUT2D eigenvalue weighted by Gasteiger charge is 2.10. The molecule has 0 saturated carbocycles. The number of halogens is 2. The van der Waals surface area contributed by atoms with Crippen molar-refractivity contribution in [3.8, 4) is 0 Å².